The zero-order chi connectivity index (χ0) is 18.0. The quantitative estimate of drug-likeness (QED) is 0.451. The molecule has 1 saturated heterocycles. The minimum absolute atomic E-state index is 0.320. The highest BCUT2D eigenvalue weighted by Crippen LogP contribution is 2.24. The summed E-state index contributed by atoms with van der Waals surface area (Å²) in [6.07, 6.45) is 5.84. The average molecular weight is 325 g/mol. The minimum atomic E-state index is -0.769. The summed E-state index contributed by atoms with van der Waals surface area (Å²) in [7, 11) is 1.29. The van der Waals surface area contributed by atoms with Gasteiger partial charge in [0.15, 0.2) is 6.04 Å². The predicted molar refractivity (Wildman–Crippen MR) is 87.8 cm³/mol. The van der Waals surface area contributed by atoms with Gasteiger partial charge in [0.1, 0.15) is 5.60 Å². The second kappa shape index (κ2) is 9.90. The maximum absolute atomic E-state index is 12.1. The Morgan fingerprint density at radius 1 is 1.43 bits per heavy atom. The standard InChI is InChI=1S/C14H23NO5.C3H4/c1-6-9-19-10-7-8-15(11(10)12(16)18-5)13(17)20-14(2,3)4;1-3-2/h6,10-11H,1,7-9H2,2-5H3;1H,2H3/t10-,11?;/m1./s1. The van der Waals surface area contributed by atoms with Crippen molar-refractivity contribution in [1.82, 2.24) is 4.90 Å². The molecule has 0 N–H and O–H groups in total. The molecule has 1 rings (SSSR count). The number of nitrogens with zero attached hydrogens (tertiary/aromatic N) is 1. The van der Waals surface area contributed by atoms with E-state index in [1.165, 1.54) is 12.0 Å². The molecule has 0 aromatic rings. The van der Waals surface area contributed by atoms with E-state index in [9.17, 15) is 9.59 Å². The van der Waals surface area contributed by atoms with Crippen LogP contribution in [0, 0.1) is 12.3 Å². The summed E-state index contributed by atoms with van der Waals surface area (Å²) >= 11 is 0. The Labute approximate surface area is 138 Å². The number of carbonyl (C=O) groups excluding carboxylic acids is 2. The summed E-state index contributed by atoms with van der Waals surface area (Å²) in [6.45, 7) is 11.3. The molecule has 1 unspecified atom stereocenters. The van der Waals surface area contributed by atoms with Crippen LogP contribution in [0.15, 0.2) is 12.7 Å². The highest BCUT2D eigenvalue weighted by molar-refractivity contribution is 5.83. The SMILES string of the molecule is C#CC.C=CCO[C@@H]1CCN(C(=O)OC(C)(C)C)C1C(=O)OC. The first-order chi connectivity index (χ1) is 10.7. The lowest BCUT2D eigenvalue weighted by molar-refractivity contribution is -0.149. The lowest BCUT2D eigenvalue weighted by atomic mass is 10.1. The van der Waals surface area contributed by atoms with E-state index in [0.717, 1.165) is 0 Å². The number of amides is 1. The highest BCUT2D eigenvalue weighted by Gasteiger charge is 2.44. The number of esters is 1. The van der Waals surface area contributed by atoms with Crippen LogP contribution in [0.4, 0.5) is 4.79 Å². The van der Waals surface area contributed by atoms with Gasteiger partial charge in [-0.1, -0.05) is 6.08 Å². The van der Waals surface area contributed by atoms with E-state index in [4.69, 9.17) is 14.2 Å². The molecular weight excluding hydrogens is 298 g/mol. The second-order valence-corrected chi connectivity index (χ2v) is 5.88. The van der Waals surface area contributed by atoms with Crippen molar-refractivity contribution >= 4 is 12.1 Å². The molecule has 23 heavy (non-hydrogen) atoms. The molecule has 0 aromatic heterocycles. The summed E-state index contributed by atoms with van der Waals surface area (Å²) in [5.41, 5.74) is -0.613. The minimum Gasteiger partial charge on any atom is -0.467 e. The zero-order valence-corrected chi connectivity index (χ0v) is 14.6. The topological polar surface area (TPSA) is 65.1 Å². The van der Waals surface area contributed by atoms with E-state index in [1.807, 2.05) is 0 Å². The van der Waals surface area contributed by atoms with E-state index in [1.54, 1.807) is 33.8 Å². The fourth-order valence-electron chi connectivity index (χ4n) is 2.06. The third kappa shape index (κ3) is 7.20. The molecule has 0 spiro atoms. The molecule has 1 aliphatic heterocycles. The first kappa shape index (κ1) is 21.0. The van der Waals surface area contributed by atoms with Gasteiger partial charge in [-0.25, -0.2) is 9.59 Å². The first-order valence-electron chi connectivity index (χ1n) is 7.39. The molecule has 1 amide bonds. The van der Waals surface area contributed by atoms with Crippen LogP contribution in [0.1, 0.15) is 34.1 Å². The van der Waals surface area contributed by atoms with Gasteiger partial charge in [-0.05, 0) is 34.1 Å². The van der Waals surface area contributed by atoms with Crippen LogP contribution in [0.5, 0.6) is 0 Å². The molecule has 0 radical (unpaired) electrons. The number of rotatable bonds is 4. The number of hydrogen-bond acceptors (Lipinski definition) is 5. The number of likely N-dealkylation sites (tertiary alicyclic amines) is 1. The smallest absolute Gasteiger partial charge is 0.411 e. The third-order valence-electron chi connectivity index (χ3n) is 2.84. The molecule has 1 fully saturated rings. The number of methoxy groups -OCH3 is 1. The summed E-state index contributed by atoms with van der Waals surface area (Å²) < 4.78 is 15.6. The van der Waals surface area contributed by atoms with Crippen LogP contribution in [0.25, 0.3) is 0 Å². The van der Waals surface area contributed by atoms with Crippen LogP contribution in [0.2, 0.25) is 0 Å². The zero-order valence-electron chi connectivity index (χ0n) is 14.6. The fraction of sp³-hybridized carbons (Fsp3) is 0.647. The van der Waals surface area contributed by atoms with Crippen molar-refractivity contribution in [3.8, 4) is 12.3 Å². The van der Waals surface area contributed by atoms with Gasteiger partial charge in [-0.2, -0.15) is 0 Å². The van der Waals surface area contributed by atoms with Gasteiger partial charge in [0, 0.05) is 6.54 Å². The van der Waals surface area contributed by atoms with Crippen molar-refractivity contribution in [2.75, 3.05) is 20.3 Å². The van der Waals surface area contributed by atoms with Gasteiger partial charge in [0.05, 0.1) is 19.8 Å². The van der Waals surface area contributed by atoms with Crippen LogP contribution >= 0.6 is 0 Å². The normalized spacial score (nSPS) is 19.9. The van der Waals surface area contributed by atoms with Gasteiger partial charge < -0.3 is 14.2 Å². The Morgan fingerprint density at radius 2 is 2.00 bits per heavy atom. The largest absolute Gasteiger partial charge is 0.467 e. The van der Waals surface area contributed by atoms with Crippen molar-refractivity contribution in [3.63, 3.8) is 0 Å². The van der Waals surface area contributed by atoms with Crippen LogP contribution in [-0.4, -0.2) is 55.0 Å². The van der Waals surface area contributed by atoms with E-state index in [2.05, 4.69) is 18.9 Å². The van der Waals surface area contributed by atoms with Crippen LogP contribution in [0.3, 0.4) is 0 Å². The lowest BCUT2D eigenvalue weighted by Gasteiger charge is -2.28. The van der Waals surface area contributed by atoms with Crippen molar-refractivity contribution < 1.29 is 23.8 Å². The average Bonchev–Trinajstić information content (AvgIpc) is 2.87. The Balaban J connectivity index is 0.00000149. The summed E-state index contributed by atoms with van der Waals surface area (Å²) in [6, 6.07) is -0.769. The van der Waals surface area contributed by atoms with E-state index < -0.39 is 29.8 Å². The molecule has 1 heterocycles. The van der Waals surface area contributed by atoms with Gasteiger partial charge in [-0.15, -0.1) is 18.9 Å². The lowest BCUT2D eigenvalue weighted by Crippen LogP contribution is -2.48. The Bertz CT molecular complexity index is 447. The van der Waals surface area contributed by atoms with Crippen LogP contribution in [-0.2, 0) is 19.0 Å². The van der Waals surface area contributed by atoms with Gasteiger partial charge in [-0.3, -0.25) is 4.90 Å². The molecule has 2 atom stereocenters. The molecule has 0 bridgehead atoms. The predicted octanol–water partition coefficient (Wildman–Crippen LogP) is 2.38. The third-order valence-corrected chi connectivity index (χ3v) is 2.84. The summed E-state index contributed by atoms with van der Waals surface area (Å²) in [4.78, 5) is 25.4. The van der Waals surface area contributed by atoms with Crippen LogP contribution < -0.4 is 0 Å². The van der Waals surface area contributed by atoms with E-state index in [-0.39, 0.29) is 0 Å². The fourth-order valence-corrected chi connectivity index (χ4v) is 2.06. The number of terminal acetylenes is 1. The Hall–Kier alpha value is -2.00. The molecule has 1 aliphatic rings. The maximum atomic E-state index is 12.1. The van der Waals surface area contributed by atoms with E-state index in [0.29, 0.717) is 19.6 Å². The van der Waals surface area contributed by atoms with Crippen molar-refractivity contribution in [1.29, 1.82) is 0 Å². The molecule has 6 nitrogen and oxygen atoms in total. The van der Waals surface area contributed by atoms with Gasteiger partial charge >= 0.3 is 12.1 Å². The highest BCUT2D eigenvalue weighted by atomic mass is 16.6. The molecule has 0 aromatic carbocycles. The second-order valence-electron chi connectivity index (χ2n) is 5.88. The van der Waals surface area contributed by atoms with Gasteiger partial charge in [0.2, 0.25) is 0 Å². The summed E-state index contributed by atoms with van der Waals surface area (Å²) in [5, 5.41) is 0. The molecule has 0 aliphatic carbocycles. The molecule has 130 valence electrons. The van der Waals surface area contributed by atoms with E-state index >= 15 is 0 Å². The first-order valence-corrected chi connectivity index (χ1v) is 7.39. The van der Waals surface area contributed by atoms with Crippen molar-refractivity contribution in [3.05, 3.63) is 12.7 Å². The number of hydrogen-bond donors (Lipinski definition) is 0. The Morgan fingerprint density at radius 3 is 2.43 bits per heavy atom. The number of carbonyl (C=O) groups is 2. The summed E-state index contributed by atoms with van der Waals surface area (Å²) in [5.74, 6) is 1.75. The van der Waals surface area contributed by atoms with Gasteiger partial charge in [0.25, 0.3) is 0 Å². The van der Waals surface area contributed by atoms with Crippen molar-refractivity contribution in [2.45, 2.75) is 51.9 Å². The molecule has 0 saturated carbocycles. The Kier molecular flexibility index (Phi) is 9.04. The maximum Gasteiger partial charge on any atom is 0.411 e. The monoisotopic (exact) mass is 325 g/mol. The number of ether oxygens (including phenoxy) is 3. The molecule has 6 heteroatoms. The van der Waals surface area contributed by atoms with Crippen molar-refractivity contribution in [2.24, 2.45) is 0 Å². The molecular formula is C17H27NO5.